The molecule has 7 heteroatoms. The first kappa shape index (κ1) is 7.81. The molecule has 0 aromatic rings. The predicted molar refractivity (Wildman–Crippen MR) is 50.6 cm³/mol. The highest BCUT2D eigenvalue weighted by atomic mass is 32.8. The van der Waals surface area contributed by atoms with Crippen LogP contribution in [0.2, 0.25) is 0 Å². The molecular weight excluding hydrogens is 196 g/mol. The Morgan fingerprint density at radius 1 is 1.75 bits per heavy atom. The third-order valence-corrected chi connectivity index (χ3v) is 4.06. The van der Waals surface area contributed by atoms with Crippen LogP contribution in [0.1, 0.15) is 0 Å². The van der Waals surface area contributed by atoms with Gasteiger partial charge < -0.3 is 11.1 Å². The van der Waals surface area contributed by atoms with Crippen molar-refractivity contribution < 1.29 is 4.79 Å². The van der Waals surface area contributed by atoms with Crippen molar-refractivity contribution in [1.29, 1.82) is 0 Å². The Morgan fingerprint density at radius 2 is 2.50 bits per heavy atom. The van der Waals surface area contributed by atoms with Crippen molar-refractivity contribution in [3.8, 4) is 0 Å². The molecule has 2 rings (SSSR count). The van der Waals surface area contributed by atoms with Crippen LogP contribution in [0.3, 0.4) is 0 Å². The molecule has 1 amide bonds. The second-order valence-electron chi connectivity index (χ2n) is 2.34. The molecule has 0 bridgehead atoms. The van der Waals surface area contributed by atoms with Gasteiger partial charge in [-0.05, 0) is 20.6 Å². The summed E-state index contributed by atoms with van der Waals surface area (Å²) in [5.41, 5.74) is 5.50. The number of aliphatic imine (C=N–C) groups is 2. The number of hydrogen-bond acceptors (Lipinski definition) is 5. The van der Waals surface area contributed by atoms with Crippen LogP contribution in [0.25, 0.3) is 0 Å². The Bertz CT molecular complexity index is 334. The summed E-state index contributed by atoms with van der Waals surface area (Å²) >= 11 is 5.03. The van der Waals surface area contributed by atoms with Crippen LogP contribution >= 0.6 is 0 Å². The first-order valence-corrected chi connectivity index (χ1v) is 5.48. The summed E-state index contributed by atoms with van der Waals surface area (Å²) < 4.78 is 0. The Hall–Kier alpha value is -0.820. The summed E-state index contributed by atoms with van der Waals surface area (Å²) in [6.07, 6.45) is 0. The van der Waals surface area contributed by atoms with Crippen molar-refractivity contribution in [2.75, 3.05) is 6.67 Å². The fraction of sp³-hybridized carbons (Fsp3) is 0.400. The third-order valence-electron chi connectivity index (χ3n) is 1.61. The van der Waals surface area contributed by atoms with Gasteiger partial charge in [0.2, 0.25) is 5.91 Å². The zero-order valence-electron chi connectivity index (χ0n) is 5.98. The van der Waals surface area contributed by atoms with Gasteiger partial charge in [0.15, 0.2) is 16.3 Å². The van der Waals surface area contributed by atoms with E-state index in [-0.39, 0.29) is 12.6 Å². The number of carbonyl (C=O) groups is 1. The van der Waals surface area contributed by atoms with Gasteiger partial charge in [-0.15, -0.1) is 0 Å². The van der Waals surface area contributed by atoms with Crippen molar-refractivity contribution in [2.45, 2.75) is 5.25 Å². The van der Waals surface area contributed by atoms with Gasteiger partial charge in [-0.3, -0.25) is 4.79 Å². The molecule has 2 atom stereocenters. The van der Waals surface area contributed by atoms with E-state index in [4.69, 9.17) is 16.9 Å². The standard InChI is InChI=1S/C5H6N4OS2/c6-5-9-3-2(12(5)11)4(10)8-1-7-3/h2H,1H2,(H,8,10)(H2,6,7,9). The zero-order valence-corrected chi connectivity index (χ0v) is 7.61. The molecule has 0 aliphatic carbocycles. The second kappa shape index (κ2) is 2.60. The number of amidine groups is 2. The van der Waals surface area contributed by atoms with Crippen LogP contribution in [-0.4, -0.2) is 28.8 Å². The number of amides is 1. The highest BCUT2D eigenvalue weighted by molar-refractivity contribution is 8.38. The average molecular weight is 202 g/mol. The second-order valence-corrected chi connectivity index (χ2v) is 4.90. The lowest BCUT2D eigenvalue weighted by Gasteiger charge is -2.14. The summed E-state index contributed by atoms with van der Waals surface area (Å²) in [4.78, 5) is 19.2. The van der Waals surface area contributed by atoms with Gasteiger partial charge in [0.25, 0.3) is 0 Å². The Balaban J connectivity index is 2.44. The lowest BCUT2D eigenvalue weighted by molar-refractivity contribution is -0.119. The van der Waals surface area contributed by atoms with Crippen LogP contribution < -0.4 is 11.1 Å². The lowest BCUT2D eigenvalue weighted by atomic mass is 10.3. The van der Waals surface area contributed by atoms with E-state index >= 15 is 0 Å². The fourth-order valence-electron chi connectivity index (χ4n) is 1.06. The number of carbonyl (C=O) groups excluding carboxylic acids is 1. The maximum absolute atomic E-state index is 11.3. The van der Waals surface area contributed by atoms with E-state index in [1.165, 1.54) is 0 Å². The molecule has 64 valence electrons. The number of hydrogen-bond donors (Lipinski definition) is 2. The summed E-state index contributed by atoms with van der Waals surface area (Å²) in [5, 5.41) is 2.53. The third kappa shape index (κ3) is 0.969. The predicted octanol–water partition coefficient (Wildman–Crippen LogP) is -1.75. The van der Waals surface area contributed by atoms with E-state index in [1.54, 1.807) is 0 Å². The first-order chi connectivity index (χ1) is 5.70. The van der Waals surface area contributed by atoms with E-state index in [2.05, 4.69) is 15.3 Å². The lowest BCUT2D eigenvalue weighted by Crippen LogP contribution is -2.44. The topological polar surface area (TPSA) is 79.8 Å². The smallest absolute Gasteiger partial charge is 0.243 e. The van der Waals surface area contributed by atoms with Crippen LogP contribution in [0.4, 0.5) is 0 Å². The summed E-state index contributed by atoms with van der Waals surface area (Å²) in [6, 6.07) is 0. The van der Waals surface area contributed by atoms with Gasteiger partial charge >= 0.3 is 0 Å². The minimum Gasteiger partial charge on any atom is -0.378 e. The highest BCUT2D eigenvalue weighted by Crippen LogP contribution is 2.13. The monoisotopic (exact) mass is 202 g/mol. The summed E-state index contributed by atoms with van der Waals surface area (Å²) in [7, 11) is -0.696. The molecule has 2 aliphatic heterocycles. The molecule has 0 fully saturated rings. The van der Waals surface area contributed by atoms with Crippen molar-refractivity contribution in [1.82, 2.24) is 5.32 Å². The fourth-order valence-corrected chi connectivity index (χ4v) is 2.71. The van der Waals surface area contributed by atoms with Crippen molar-refractivity contribution >= 4 is 37.6 Å². The van der Waals surface area contributed by atoms with Gasteiger partial charge in [0.05, 0.1) is 0 Å². The number of nitrogens with zero attached hydrogens (tertiary/aromatic N) is 2. The molecule has 0 saturated heterocycles. The average Bonchev–Trinajstić information content (AvgIpc) is 2.29. The quantitative estimate of drug-likeness (QED) is 0.489. The van der Waals surface area contributed by atoms with Crippen molar-refractivity contribution in [3.05, 3.63) is 0 Å². The maximum Gasteiger partial charge on any atom is 0.243 e. The molecule has 0 radical (unpaired) electrons. The summed E-state index contributed by atoms with van der Waals surface area (Å²) in [5.74, 6) is 0.386. The molecule has 5 nitrogen and oxygen atoms in total. The molecule has 0 saturated carbocycles. The van der Waals surface area contributed by atoms with Crippen LogP contribution in [-0.2, 0) is 25.4 Å². The minimum atomic E-state index is -0.696. The largest absolute Gasteiger partial charge is 0.378 e. The number of nitrogens with one attached hydrogen (secondary N) is 1. The first-order valence-electron chi connectivity index (χ1n) is 3.27. The van der Waals surface area contributed by atoms with Crippen LogP contribution in [0.5, 0.6) is 0 Å². The number of nitrogens with two attached hydrogens (primary N) is 1. The van der Waals surface area contributed by atoms with E-state index in [1.807, 2.05) is 0 Å². The highest BCUT2D eigenvalue weighted by Gasteiger charge is 2.36. The van der Waals surface area contributed by atoms with E-state index < -0.39 is 14.7 Å². The SMILES string of the molecule is NC1=NC2=NCNC(=O)C2S1=S. The van der Waals surface area contributed by atoms with Gasteiger partial charge in [0.1, 0.15) is 6.67 Å². The van der Waals surface area contributed by atoms with E-state index in [0.29, 0.717) is 11.0 Å². The molecule has 3 N–H and O–H groups in total. The van der Waals surface area contributed by atoms with Gasteiger partial charge in [-0.1, -0.05) is 0 Å². The zero-order chi connectivity index (χ0) is 8.72. The van der Waals surface area contributed by atoms with Crippen LogP contribution in [0.15, 0.2) is 9.98 Å². The molecule has 2 unspecified atom stereocenters. The number of fused-ring (bicyclic) bond motifs is 1. The van der Waals surface area contributed by atoms with Crippen molar-refractivity contribution in [2.24, 2.45) is 15.7 Å². The molecule has 0 spiro atoms. The molecular formula is C5H6N4OS2. The molecule has 2 aliphatic rings. The summed E-state index contributed by atoms with van der Waals surface area (Å²) in [6.45, 7) is 0.286. The molecule has 0 aromatic heterocycles. The maximum atomic E-state index is 11.3. The van der Waals surface area contributed by atoms with Gasteiger partial charge in [0, 0.05) is 0 Å². The number of rotatable bonds is 0. The van der Waals surface area contributed by atoms with E-state index in [0.717, 1.165) is 0 Å². The Labute approximate surface area is 75.7 Å². The van der Waals surface area contributed by atoms with Crippen LogP contribution in [0, 0.1) is 0 Å². The van der Waals surface area contributed by atoms with Gasteiger partial charge in [-0.25, -0.2) is 9.98 Å². The molecule has 2 heterocycles. The molecule has 12 heavy (non-hydrogen) atoms. The Morgan fingerprint density at radius 3 is 3.17 bits per heavy atom. The molecule has 0 aromatic carbocycles. The van der Waals surface area contributed by atoms with Gasteiger partial charge in [-0.2, -0.15) is 0 Å². The minimum absolute atomic E-state index is 0.109. The normalized spacial score (nSPS) is 33.5. The van der Waals surface area contributed by atoms with E-state index in [9.17, 15) is 4.79 Å². The van der Waals surface area contributed by atoms with Crippen molar-refractivity contribution in [3.63, 3.8) is 0 Å². The Kier molecular flexibility index (Phi) is 1.69.